The second-order valence-corrected chi connectivity index (χ2v) is 10.1. The van der Waals surface area contributed by atoms with Crippen molar-refractivity contribution >= 4 is 5.97 Å². The molecule has 9 atom stereocenters. The number of aliphatic hydroxyl groups excluding tert-OH is 1. The lowest BCUT2D eigenvalue weighted by atomic mass is 9.45. The van der Waals surface area contributed by atoms with E-state index in [1.54, 1.807) is 0 Å². The zero-order valence-corrected chi connectivity index (χ0v) is 15.7. The number of fused-ring (bicyclic) bond motifs is 4. The van der Waals surface area contributed by atoms with Gasteiger partial charge in [0.2, 0.25) is 0 Å². The highest BCUT2D eigenvalue weighted by Crippen LogP contribution is 2.83. The van der Waals surface area contributed by atoms with Crippen molar-refractivity contribution in [3.05, 3.63) is 11.1 Å². The molecule has 0 radical (unpaired) electrons. The van der Waals surface area contributed by atoms with Gasteiger partial charge in [-0.2, -0.15) is 0 Å². The van der Waals surface area contributed by atoms with Crippen LogP contribution in [0.1, 0.15) is 40.0 Å². The average Bonchev–Trinajstić information content (AvgIpc) is 3.49. The van der Waals surface area contributed by atoms with Crippen molar-refractivity contribution in [2.45, 2.75) is 86.9 Å². The van der Waals surface area contributed by atoms with E-state index in [0.29, 0.717) is 30.4 Å². The molecule has 146 valence electrons. The van der Waals surface area contributed by atoms with Crippen molar-refractivity contribution in [3.63, 3.8) is 0 Å². The molecule has 4 aliphatic heterocycles. The first-order chi connectivity index (χ1) is 12.7. The minimum absolute atomic E-state index is 0.138. The standard InChI is InChI=1S/C20H24O7/c1-8(2)18-12(26-18)13-20(27-13)16(3)5-4-9-10(7-24-14(9)21)17(16,23)6-11-19(20,25-11)15(18)22/h8,11-13,15,22-23H,4-7H2,1-3H3/t11-,12-,13-,15+,16?,17+,18?,19+,20+/m0/s1. The smallest absolute Gasteiger partial charge is 0.334 e. The monoisotopic (exact) mass is 376 g/mol. The Morgan fingerprint density at radius 1 is 1.19 bits per heavy atom. The normalized spacial score (nSPS) is 64.0. The number of hydrogen-bond donors (Lipinski definition) is 2. The van der Waals surface area contributed by atoms with Gasteiger partial charge in [-0.3, -0.25) is 0 Å². The molecule has 7 aliphatic rings. The summed E-state index contributed by atoms with van der Waals surface area (Å²) < 4.78 is 24.0. The van der Waals surface area contributed by atoms with E-state index in [1.165, 1.54) is 0 Å². The van der Waals surface area contributed by atoms with Gasteiger partial charge in [-0.1, -0.05) is 20.8 Å². The third kappa shape index (κ3) is 1.20. The molecule has 27 heavy (non-hydrogen) atoms. The third-order valence-corrected chi connectivity index (χ3v) is 9.27. The lowest BCUT2D eigenvalue weighted by Gasteiger charge is -2.57. The van der Waals surface area contributed by atoms with E-state index in [9.17, 15) is 15.0 Å². The Morgan fingerprint density at radius 2 is 1.96 bits per heavy atom. The van der Waals surface area contributed by atoms with Crippen LogP contribution in [-0.4, -0.2) is 69.6 Å². The van der Waals surface area contributed by atoms with Gasteiger partial charge in [0.15, 0.2) is 5.60 Å². The predicted molar refractivity (Wildman–Crippen MR) is 88.5 cm³/mol. The molecule has 2 spiro atoms. The maximum Gasteiger partial charge on any atom is 0.334 e. The van der Waals surface area contributed by atoms with Gasteiger partial charge in [0.05, 0.1) is 6.10 Å². The molecule has 2 N–H and O–H groups in total. The van der Waals surface area contributed by atoms with E-state index in [4.69, 9.17) is 18.9 Å². The van der Waals surface area contributed by atoms with Crippen LogP contribution in [0.2, 0.25) is 0 Å². The summed E-state index contributed by atoms with van der Waals surface area (Å²) in [7, 11) is 0. The van der Waals surface area contributed by atoms with Gasteiger partial charge in [-0.15, -0.1) is 0 Å². The molecule has 7 heteroatoms. The molecule has 4 heterocycles. The van der Waals surface area contributed by atoms with Gasteiger partial charge in [0.25, 0.3) is 0 Å². The summed E-state index contributed by atoms with van der Waals surface area (Å²) in [6, 6.07) is 0. The van der Waals surface area contributed by atoms with Crippen LogP contribution in [0.25, 0.3) is 0 Å². The van der Waals surface area contributed by atoms with E-state index < -0.39 is 33.9 Å². The van der Waals surface area contributed by atoms with Crippen LogP contribution in [0.5, 0.6) is 0 Å². The fourth-order valence-corrected chi connectivity index (χ4v) is 7.70. The maximum absolute atomic E-state index is 12.1. The zero-order valence-electron chi connectivity index (χ0n) is 15.7. The molecule has 2 saturated carbocycles. The van der Waals surface area contributed by atoms with Crippen LogP contribution in [0.3, 0.4) is 0 Å². The summed E-state index contributed by atoms with van der Waals surface area (Å²) in [5, 5.41) is 23.4. The minimum atomic E-state index is -1.22. The van der Waals surface area contributed by atoms with E-state index >= 15 is 0 Å². The second-order valence-electron chi connectivity index (χ2n) is 10.1. The highest BCUT2D eigenvalue weighted by atomic mass is 16.7. The molecule has 3 saturated heterocycles. The van der Waals surface area contributed by atoms with Gasteiger partial charge >= 0.3 is 5.97 Å². The number of carbonyl (C=O) groups is 1. The fraction of sp³-hybridized carbons (Fsp3) is 0.850. The van der Waals surface area contributed by atoms with Crippen LogP contribution >= 0.6 is 0 Å². The summed E-state index contributed by atoms with van der Waals surface area (Å²) in [6.45, 7) is 6.30. The lowest BCUT2D eigenvalue weighted by Crippen LogP contribution is -2.74. The van der Waals surface area contributed by atoms with Crippen molar-refractivity contribution in [3.8, 4) is 0 Å². The molecule has 0 aromatic rings. The Balaban J connectivity index is 1.42. The largest absolute Gasteiger partial charge is 0.458 e. The molecule has 0 amide bonds. The molecule has 5 fully saturated rings. The minimum Gasteiger partial charge on any atom is -0.458 e. The van der Waals surface area contributed by atoms with Crippen LogP contribution in [0, 0.1) is 11.3 Å². The van der Waals surface area contributed by atoms with Crippen LogP contribution in [-0.2, 0) is 23.7 Å². The summed E-state index contributed by atoms with van der Waals surface area (Å²) in [6.07, 6.45) is 0.0647. The van der Waals surface area contributed by atoms with Crippen molar-refractivity contribution in [1.82, 2.24) is 0 Å². The second kappa shape index (κ2) is 3.87. The van der Waals surface area contributed by atoms with Crippen LogP contribution in [0.15, 0.2) is 11.1 Å². The Hall–Kier alpha value is -0.990. The quantitative estimate of drug-likeness (QED) is 0.498. The molecule has 3 aliphatic carbocycles. The SMILES string of the molecule is CC(C)C12O[C@H]1[C@@H]1O[C@@]13C1(C)CCC4=C(COC4=O)[C@]1(O)C[C@@H]1O[C@@]13[C@@H]2O. The molecule has 7 nitrogen and oxygen atoms in total. The zero-order chi connectivity index (χ0) is 18.8. The van der Waals surface area contributed by atoms with Crippen molar-refractivity contribution in [1.29, 1.82) is 0 Å². The van der Waals surface area contributed by atoms with Crippen molar-refractivity contribution < 1.29 is 34.0 Å². The number of cyclic esters (lactones) is 1. The van der Waals surface area contributed by atoms with E-state index in [1.807, 2.05) is 6.92 Å². The molecule has 2 unspecified atom stereocenters. The third-order valence-electron chi connectivity index (χ3n) is 9.27. The number of carbonyl (C=O) groups excluding carboxylic acids is 1. The van der Waals surface area contributed by atoms with Crippen LogP contribution < -0.4 is 0 Å². The van der Waals surface area contributed by atoms with E-state index in [0.717, 1.165) is 0 Å². The van der Waals surface area contributed by atoms with Crippen LogP contribution in [0.4, 0.5) is 0 Å². The van der Waals surface area contributed by atoms with Gasteiger partial charge in [-0.05, 0) is 18.8 Å². The first-order valence-corrected chi connectivity index (χ1v) is 10.0. The first kappa shape index (κ1) is 15.9. The Kier molecular flexibility index (Phi) is 2.28. The Bertz CT molecular complexity index is 866. The van der Waals surface area contributed by atoms with Gasteiger partial charge in [-0.25, -0.2) is 4.79 Å². The molecule has 7 rings (SSSR count). The van der Waals surface area contributed by atoms with Crippen molar-refractivity contribution in [2.24, 2.45) is 11.3 Å². The highest BCUT2D eigenvalue weighted by Gasteiger charge is 3.02. The lowest BCUT2D eigenvalue weighted by molar-refractivity contribution is -0.162. The summed E-state index contributed by atoms with van der Waals surface area (Å²) in [5.74, 6) is -0.165. The number of esters is 1. The molecule has 0 aromatic heterocycles. The van der Waals surface area contributed by atoms with Gasteiger partial charge in [0, 0.05) is 23.0 Å². The molecule has 0 bridgehead atoms. The summed E-state index contributed by atoms with van der Waals surface area (Å²) in [5.41, 5.74) is -2.79. The fourth-order valence-electron chi connectivity index (χ4n) is 7.70. The molecular formula is C20H24O7. The Labute approximate surface area is 156 Å². The molecule has 0 aromatic carbocycles. The number of epoxide rings is 3. The number of rotatable bonds is 1. The number of aliphatic hydroxyl groups is 2. The van der Waals surface area contributed by atoms with Crippen molar-refractivity contribution in [2.75, 3.05) is 6.61 Å². The van der Waals surface area contributed by atoms with E-state index in [2.05, 4.69) is 13.8 Å². The summed E-state index contributed by atoms with van der Waals surface area (Å²) in [4.78, 5) is 12.1. The Morgan fingerprint density at radius 3 is 2.70 bits per heavy atom. The number of hydrogen-bond acceptors (Lipinski definition) is 7. The topological polar surface area (TPSA) is 104 Å². The first-order valence-electron chi connectivity index (χ1n) is 10.0. The maximum atomic E-state index is 12.1. The number of ether oxygens (including phenoxy) is 4. The van der Waals surface area contributed by atoms with Gasteiger partial charge < -0.3 is 29.2 Å². The van der Waals surface area contributed by atoms with Gasteiger partial charge in [0.1, 0.15) is 41.7 Å². The average molecular weight is 376 g/mol. The predicted octanol–water partition coefficient (Wildman–Crippen LogP) is 0.218. The van der Waals surface area contributed by atoms with E-state index in [-0.39, 0.29) is 36.8 Å². The molecular weight excluding hydrogens is 352 g/mol. The highest BCUT2D eigenvalue weighted by molar-refractivity contribution is 5.93. The summed E-state index contributed by atoms with van der Waals surface area (Å²) >= 11 is 0.